The highest BCUT2D eigenvalue weighted by Gasteiger charge is 2.35. The van der Waals surface area contributed by atoms with E-state index in [-0.39, 0.29) is 5.41 Å². The summed E-state index contributed by atoms with van der Waals surface area (Å²) in [5.74, 6) is 0.672. The van der Waals surface area contributed by atoms with Crippen LogP contribution in [0.25, 0.3) is 83.2 Å². The van der Waals surface area contributed by atoms with Gasteiger partial charge in [-0.3, -0.25) is 0 Å². The van der Waals surface area contributed by atoms with Crippen LogP contribution in [-0.2, 0) is 5.41 Å². The summed E-state index contributed by atoms with van der Waals surface area (Å²) in [4.78, 5) is 9.87. The molecule has 0 radical (unpaired) electrons. The van der Waals surface area contributed by atoms with Gasteiger partial charge in [0.15, 0.2) is 11.4 Å². The summed E-state index contributed by atoms with van der Waals surface area (Å²) in [5, 5.41) is 3.47. The first-order chi connectivity index (χ1) is 23.0. The van der Waals surface area contributed by atoms with Gasteiger partial charge in [0.1, 0.15) is 11.1 Å². The first-order valence-electron chi connectivity index (χ1n) is 16.1. The minimum atomic E-state index is -0.0513. The monoisotopic (exact) mass is 603 g/mol. The Morgan fingerprint density at radius 3 is 2.09 bits per heavy atom. The molecule has 0 amide bonds. The van der Waals surface area contributed by atoms with Gasteiger partial charge in [-0.15, -0.1) is 0 Å². The van der Waals surface area contributed by atoms with Crippen LogP contribution in [0.3, 0.4) is 0 Å². The van der Waals surface area contributed by atoms with Gasteiger partial charge in [-0.05, 0) is 75.8 Å². The van der Waals surface area contributed by atoms with E-state index in [1.54, 1.807) is 6.20 Å². The molecule has 47 heavy (non-hydrogen) atoms. The lowest BCUT2D eigenvalue weighted by Gasteiger charge is -2.22. The molecular formula is C43H29N3O. The van der Waals surface area contributed by atoms with Crippen molar-refractivity contribution in [2.75, 3.05) is 0 Å². The largest absolute Gasteiger partial charge is 0.453 e. The summed E-state index contributed by atoms with van der Waals surface area (Å²) >= 11 is 0. The average molecular weight is 604 g/mol. The minimum absolute atomic E-state index is 0.0513. The Hall–Kier alpha value is -6.00. The zero-order chi connectivity index (χ0) is 31.3. The maximum Gasteiger partial charge on any atom is 0.172 e. The maximum absolute atomic E-state index is 6.23. The fourth-order valence-electron chi connectivity index (χ4n) is 7.75. The summed E-state index contributed by atoms with van der Waals surface area (Å²) in [5.41, 5.74) is 14.4. The number of hydrogen-bond donors (Lipinski definition) is 0. The van der Waals surface area contributed by atoms with E-state index >= 15 is 0 Å². The number of furan rings is 1. The Balaban J connectivity index is 1.08. The molecule has 3 heterocycles. The highest BCUT2D eigenvalue weighted by molar-refractivity contribution is 6.09. The Morgan fingerprint density at radius 1 is 0.553 bits per heavy atom. The zero-order valence-electron chi connectivity index (χ0n) is 26.0. The van der Waals surface area contributed by atoms with Gasteiger partial charge in [-0.25, -0.2) is 9.97 Å². The maximum atomic E-state index is 6.23. The summed E-state index contributed by atoms with van der Waals surface area (Å²) in [7, 11) is 0. The van der Waals surface area contributed by atoms with Gasteiger partial charge in [0, 0.05) is 32.8 Å². The van der Waals surface area contributed by atoms with Gasteiger partial charge in [0.05, 0.1) is 17.2 Å². The van der Waals surface area contributed by atoms with Crippen molar-refractivity contribution in [3.63, 3.8) is 0 Å². The first kappa shape index (κ1) is 26.2. The smallest absolute Gasteiger partial charge is 0.172 e. The van der Waals surface area contributed by atoms with Crippen LogP contribution < -0.4 is 0 Å². The second-order valence-electron chi connectivity index (χ2n) is 13.1. The van der Waals surface area contributed by atoms with Crippen LogP contribution in [0.15, 0.2) is 144 Å². The third-order valence-corrected chi connectivity index (χ3v) is 10.1. The highest BCUT2D eigenvalue weighted by Crippen LogP contribution is 2.49. The lowest BCUT2D eigenvalue weighted by Crippen LogP contribution is -2.14. The molecule has 3 aromatic heterocycles. The summed E-state index contributed by atoms with van der Waals surface area (Å²) < 4.78 is 8.56. The Bertz CT molecular complexity index is 2670. The second kappa shape index (κ2) is 9.51. The van der Waals surface area contributed by atoms with E-state index in [1.807, 2.05) is 0 Å². The average Bonchev–Trinajstić information content (AvgIpc) is 3.73. The Labute approximate surface area is 271 Å². The molecule has 4 nitrogen and oxygen atoms in total. The number of para-hydroxylation sites is 2. The van der Waals surface area contributed by atoms with Crippen molar-refractivity contribution in [3.8, 4) is 39.3 Å². The van der Waals surface area contributed by atoms with Gasteiger partial charge in [0.2, 0.25) is 0 Å². The van der Waals surface area contributed by atoms with E-state index < -0.39 is 0 Å². The fourth-order valence-corrected chi connectivity index (χ4v) is 7.75. The molecule has 6 aromatic carbocycles. The van der Waals surface area contributed by atoms with Crippen LogP contribution in [-0.4, -0.2) is 14.5 Å². The highest BCUT2D eigenvalue weighted by atomic mass is 16.3. The van der Waals surface area contributed by atoms with Crippen molar-refractivity contribution < 1.29 is 4.42 Å². The number of hydrogen-bond acceptors (Lipinski definition) is 3. The van der Waals surface area contributed by atoms with Crippen molar-refractivity contribution in [1.29, 1.82) is 0 Å². The molecule has 4 heteroatoms. The molecule has 0 aliphatic heterocycles. The molecule has 9 aromatic rings. The predicted octanol–water partition coefficient (Wildman–Crippen LogP) is 11.1. The second-order valence-corrected chi connectivity index (χ2v) is 13.1. The van der Waals surface area contributed by atoms with E-state index in [4.69, 9.17) is 14.4 Å². The molecule has 0 fully saturated rings. The minimum Gasteiger partial charge on any atom is -0.453 e. The van der Waals surface area contributed by atoms with Crippen LogP contribution >= 0.6 is 0 Å². The molecular weight excluding hydrogens is 574 g/mol. The van der Waals surface area contributed by atoms with E-state index in [0.717, 1.165) is 33.3 Å². The summed E-state index contributed by atoms with van der Waals surface area (Å²) in [6.07, 6.45) is 1.81. The van der Waals surface area contributed by atoms with Crippen LogP contribution in [0.5, 0.6) is 0 Å². The lowest BCUT2D eigenvalue weighted by molar-refractivity contribution is 0.660. The van der Waals surface area contributed by atoms with Crippen LogP contribution in [0.2, 0.25) is 0 Å². The van der Waals surface area contributed by atoms with Crippen molar-refractivity contribution >= 4 is 43.9 Å². The van der Waals surface area contributed by atoms with Gasteiger partial charge in [0.25, 0.3) is 0 Å². The topological polar surface area (TPSA) is 43.9 Å². The third kappa shape index (κ3) is 3.76. The number of nitrogens with zero attached hydrogens (tertiary/aromatic N) is 3. The zero-order valence-corrected chi connectivity index (χ0v) is 26.0. The number of aromatic nitrogens is 3. The van der Waals surface area contributed by atoms with Crippen molar-refractivity contribution in [1.82, 2.24) is 14.5 Å². The van der Waals surface area contributed by atoms with Crippen LogP contribution in [0, 0.1) is 0 Å². The Kier molecular flexibility index (Phi) is 5.31. The van der Waals surface area contributed by atoms with Crippen molar-refractivity contribution in [3.05, 3.63) is 151 Å². The van der Waals surface area contributed by atoms with E-state index in [9.17, 15) is 0 Å². The van der Waals surface area contributed by atoms with E-state index in [1.165, 1.54) is 49.6 Å². The van der Waals surface area contributed by atoms with Crippen molar-refractivity contribution in [2.24, 2.45) is 0 Å². The molecule has 0 bridgehead atoms. The van der Waals surface area contributed by atoms with Gasteiger partial charge in [-0.1, -0.05) is 105 Å². The van der Waals surface area contributed by atoms with E-state index in [2.05, 4.69) is 152 Å². The van der Waals surface area contributed by atoms with E-state index in [0.29, 0.717) is 11.4 Å². The quantitative estimate of drug-likeness (QED) is 0.202. The first-order valence-corrected chi connectivity index (χ1v) is 16.1. The molecule has 10 rings (SSSR count). The van der Waals surface area contributed by atoms with Gasteiger partial charge >= 0.3 is 0 Å². The Morgan fingerprint density at radius 2 is 1.26 bits per heavy atom. The van der Waals surface area contributed by atoms with Crippen molar-refractivity contribution in [2.45, 2.75) is 19.3 Å². The molecule has 0 saturated carbocycles. The van der Waals surface area contributed by atoms with Gasteiger partial charge in [-0.2, -0.15) is 0 Å². The predicted molar refractivity (Wildman–Crippen MR) is 192 cm³/mol. The molecule has 1 aliphatic rings. The normalized spacial score (nSPS) is 13.5. The van der Waals surface area contributed by atoms with Crippen LogP contribution in [0.4, 0.5) is 0 Å². The molecule has 222 valence electrons. The lowest BCUT2D eigenvalue weighted by atomic mass is 9.81. The third-order valence-electron chi connectivity index (χ3n) is 10.1. The SMILES string of the molecule is CC1(C)c2ccccc2-c2ccc(-c3ccc4oc5cnc(-c6cccc(-n7c8ccccc8c8ccccc87)c6)nc5c4c3)cc21. The van der Waals surface area contributed by atoms with Gasteiger partial charge < -0.3 is 8.98 Å². The summed E-state index contributed by atoms with van der Waals surface area (Å²) in [6.45, 7) is 4.64. The number of benzene rings is 6. The fraction of sp³-hybridized carbons (Fsp3) is 0.0698. The molecule has 0 atom stereocenters. The number of rotatable bonds is 3. The molecule has 1 aliphatic carbocycles. The number of fused-ring (bicyclic) bond motifs is 9. The van der Waals surface area contributed by atoms with Crippen LogP contribution in [0.1, 0.15) is 25.0 Å². The summed E-state index contributed by atoms with van der Waals surface area (Å²) in [6, 6.07) is 47.7. The molecule has 0 spiro atoms. The standard InChI is InChI=1S/C43H29N3O/c1-43(2)35-15-6-3-12-30(35)31-20-18-27(24-36(31)43)26-19-21-39-34(23-26)41-40(47-39)25-44-42(45-41)28-10-9-11-29(22-28)46-37-16-7-4-13-32(37)33-14-5-8-17-38(33)46/h3-25H,1-2H3. The molecule has 0 unspecified atom stereocenters. The molecule has 0 saturated heterocycles. The molecule has 0 N–H and O–H groups in total.